The number of nitrogens with zero attached hydrogens (tertiary/aromatic N) is 4. The number of carboxylic acid groups (broad SMARTS) is 1. The summed E-state index contributed by atoms with van der Waals surface area (Å²) in [5.41, 5.74) is 1.99. The lowest BCUT2D eigenvalue weighted by Gasteiger charge is -2.10. The van der Waals surface area contributed by atoms with Crippen molar-refractivity contribution in [2.24, 2.45) is 0 Å². The number of aliphatic carboxylic acids is 1. The number of aryl methyl sites for hydroxylation is 1. The van der Waals surface area contributed by atoms with Crippen molar-refractivity contribution in [2.75, 3.05) is 5.32 Å². The smallest absolute Gasteiger partial charge is 0.328 e. The summed E-state index contributed by atoms with van der Waals surface area (Å²) in [4.78, 5) is 23.7. The molecule has 1 unspecified atom stereocenters. The lowest BCUT2D eigenvalue weighted by Crippen LogP contribution is -2.24. The van der Waals surface area contributed by atoms with Crippen LogP contribution in [0.1, 0.15) is 34.7 Å². The molecule has 1 aromatic carbocycles. The van der Waals surface area contributed by atoms with Crippen LogP contribution < -0.4 is 5.32 Å². The topological polar surface area (TPSA) is 102 Å². The Morgan fingerprint density at radius 2 is 2.07 bits per heavy atom. The first-order chi connectivity index (χ1) is 12.8. The first-order valence-corrected chi connectivity index (χ1v) is 8.59. The lowest BCUT2D eigenvalue weighted by atomic mass is 10.2. The van der Waals surface area contributed by atoms with E-state index in [0.29, 0.717) is 17.4 Å². The van der Waals surface area contributed by atoms with E-state index in [1.807, 2.05) is 25.1 Å². The van der Waals surface area contributed by atoms with Gasteiger partial charge in [0.05, 0.1) is 6.54 Å². The van der Waals surface area contributed by atoms with Crippen molar-refractivity contribution in [1.82, 2.24) is 19.6 Å². The molecule has 3 rings (SSSR count). The van der Waals surface area contributed by atoms with Gasteiger partial charge in [0, 0.05) is 23.0 Å². The number of benzene rings is 1. The summed E-state index contributed by atoms with van der Waals surface area (Å²) >= 11 is 6.01. The number of hydrogen-bond donors (Lipinski definition) is 2. The second kappa shape index (κ2) is 7.63. The second-order valence-corrected chi connectivity index (χ2v) is 6.52. The monoisotopic (exact) mass is 387 g/mol. The van der Waals surface area contributed by atoms with Crippen LogP contribution in [0.25, 0.3) is 0 Å². The van der Waals surface area contributed by atoms with Crippen LogP contribution in [0, 0.1) is 6.92 Å². The molecule has 27 heavy (non-hydrogen) atoms. The number of carbonyl (C=O) groups is 2. The summed E-state index contributed by atoms with van der Waals surface area (Å²) in [5.74, 6) is -1.18. The zero-order valence-corrected chi connectivity index (χ0v) is 15.5. The number of rotatable bonds is 6. The molecule has 1 amide bonds. The molecule has 0 aliphatic heterocycles. The highest BCUT2D eigenvalue weighted by Gasteiger charge is 2.21. The number of anilines is 1. The predicted molar refractivity (Wildman–Crippen MR) is 100 cm³/mol. The number of hydrogen-bond acceptors (Lipinski definition) is 4. The van der Waals surface area contributed by atoms with Gasteiger partial charge in [-0.2, -0.15) is 10.2 Å². The molecule has 0 saturated heterocycles. The van der Waals surface area contributed by atoms with Gasteiger partial charge in [-0.05, 0) is 37.6 Å². The van der Waals surface area contributed by atoms with E-state index in [9.17, 15) is 9.59 Å². The van der Waals surface area contributed by atoms with Crippen LogP contribution in [-0.2, 0) is 11.3 Å². The molecule has 0 saturated carbocycles. The third kappa shape index (κ3) is 4.17. The molecule has 0 radical (unpaired) electrons. The summed E-state index contributed by atoms with van der Waals surface area (Å²) in [5, 5.41) is 20.8. The Morgan fingerprint density at radius 3 is 2.78 bits per heavy atom. The summed E-state index contributed by atoms with van der Waals surface area (Å²) in [6.07, 6.45) is 1.39. The van der Waals surface area contributed by atoms with Crippen molar-refractivity contribution >= 4 is 29.3 Å². The van der Waals surface area contributed by atoms with E-state index in [1.54, 1.807) is 16.8 Å². The van der Waals surface area contributed by atoms with E-state index in [1.165, 1.54) is 19.2 Å². The van der Waals surface area contributed by atoms with Gasteiger partial charge in [0.1, 0.15) is 11.7 Å². The lowest BCUT2D eigenvalue weighted by molar-refractivity contribution is -0.140. The van der Waals surface area contributed by atoms with Gasteiger partial charge in [-0.1, -0.05) is 23.7 Å². The first kappa shape index (κ1) is 18.7. The fourth-order valence-electron chi connectivity index (χ4n) is 2.63. The van der Waals surface area contributed by atoms with E-state index < -0.39 is 17.9 Å². The molecule has 2 heterocycles. The predicted octanol–water partition coefficient (Wildman–Crippen LogP) is 2.99. The van der Waals surface area contributed by atoms with Crippen molar-refractivity contribution in [1.29, 1.82) is 0 Å². The SMILES string of the molecule is Cc1cc(NC(=O)c2ccnn2C(C)C(=O)O)nn1Cc1cccc(Cl)c1. The zero-order valence-electron chi connectivity index (χ0n) is 14.8. The average molecular weight is 388 g/mol. The molecule has 140 valence electrons. The standard InChI is InChI=1S/C18H18ClN5O3/c1-11-8-16(22-23(11)10-13-4-3-5-14(19)9-13)21-17(25)15-6-7-20-24(15)12(2)18(26)27/h3-9,12H,10H2,1-2H3,(H,26,27)(H,21,22,25). The van der Waals surface area contributed by atoms with Crippen LogP contribution in [0.5, 0.6) is 0 Å². The number of carboxylic acids is 1. The maximum absolute atomic E-state index is 12.5. The third-order valence-electron chi connectivity index (χ3n) is 4.07. The second-order valence-electron chi connectivity index (χ2n) is 6.09. The van der Waals surface area contributed by atoms with Gasteiger partial charge in [0.15, 0.2) is 5.82 Å². The van der Waals surface area contributed by atoms with E-state index in [2.05, 4.69) is 15.5 Å². The Morgan fingerprint density at radius 1 is 1.30 bits per heavy atom. The molecule has 0 bridgehead atoms. The summed E-state index contributed by atoms with van der Waals surface area (Å²) < 4.78 is 2.91. The molecule has 3 aromatic rings. The van der Waals surface area contributed by atoms with Crippen molar-refractivity contribution in [3.05, 3.63) is 64.6 Å². The Balaban J connectivity index is 1.76. The fraction of sp³-hybridized carbons (Fsp3) is 0.222. The molecule has 0 aliphatic rings. The Hall–Kier alpha value is -3.13. The highest BCUT2D eigenvalue weighted by atomic mass is 35.5. The highest BCUT2D eigenvalue weighted by molar-refractivity contribution is 6.30. The molecule has 0 spiro atoms. The van der Waals surface area contributed by atoms with Crippen LogP contribution in [0.3, 0.4) is 0 Å². The molecule has 2 N–H and O–H groups in total. The van der Waals surface area contributed by atoms with Crippen LogP contribution in [0.15, 0.2) is 42.6 Å². The minimum Gasteiger partial charge on any atom is -0.480 e. The average Bonchev–Trinajstić information content (AvgIpc) is 3.21. The number of carbonyl (C=O) groups excluding carboxylic acids is 1. The molecule has 0 fully saturated rings. The van der Waals surface area contributed by atoms with Crippen molar-refractivity contribution in [2.45, 2.75) is 26.4 Å². The first-order valence-electron chi connectivity index (χ1n) is 8.21. The van der Waals surface area contributed by atoms with E-state index in [-0.39, 0.29) is 5.69 Å². The van der Waals surface area contributed by atoms with Gasteiger partial charge >= 0.3 is 5.97 Å². The minimum absolute atomic E-state index is 0.145. The van der Waals surface area contributed by atoms with E-state index >= 15 is 0 Å². The third-order valence-corrected chi connectivity index (χ3v) is 4.31. The molecular weight excluding hydrogens is 370 g/mol. The highest BCUT2D eigenvalue weighted by Crippen LogP contribution is 2.16. The van der Waals surface area contributed by atoms with E-state index in [0.717, 1.165) is 15.9 Å². The largest absolute Gasteiger partial charge is 0.480 e. The van der Waals surface area contributed by atoms with Crippen molar-refractivity contribution in [3.8, 4) is 0 Å². The van der Waals surface area contributed by atoms with Gasteiger partial charge < -0.3 is 10.4 Å². The van der Waals surface area contributed by atoms with Crippen LogP contribution >= 0.6 is 11.6 Å². The van der Waals surface area contributed by atoms with Crippen molar-refractivity contribution < 1.29 is 14.7 Å². The molecule has 9 heteroatoms. The number of nitrogens with one attached hydrogen (secondary N) is 1. The van der Waals surface area contributed by atoms with Crippen LogP contribution in [-0.4, -0.2) is 36.5 Å². The molecule has 8 nitrogen and oxygen atoms in total. The molecule has 0 aliphatic carbocycles. The van der Waals surface area contributed by atoms with Gasteiger partial charge in [-0.15, -0.1) is 0 Å². The number of aromatic nitrogens is 4. The quantitative estimate of drug-likeness (QED) is 0.677. The van der Waals surface area contributed by atoms with Crippen molar-refractivity contribution in [3.63, 3.8) is 0 Å². The maximum atomic E-state index is 12.5. The normalized spacial score (nSPS) is 12.0. The molecule has 2 aromatic heterocycles. The zero-order chi connectivity index (χ0) is 19.6. The summed E-state index contributed by atoms with van der Waals surface area (Å²) in [6.45, 7) is 3.84. The fourth-order valence-corrected chi connectivity index (χ4v) is 2.84. The molecular formula is C18H18ClN5O3. The van der Waals surface area contributed by atoms with Gasteiger partial charge in [-0.25, -0.2) is 9.48 Å². The van der Waals surface area contributed by atoms with Crippen LogP contribution in [0.2, 0.25) is 5.02 Å². The number of halogens is 1. The van der Waals surface area contributed by atoms with Gasteiger partial charge in [-0.3, -0.25) is 9.48 Å². The number of amides is 1. The minimum atomic E-state index is -1.07. The Kier molecular flexibility index (Phi) is 5.27. The maximum Gasteiger partial charge on any atom is 0.328 e. The van der Waals surface area contributed by atoms with E-state index in [4.69, 9.17) is 16.7 Å². The summed E-state index contributed by atoms with van der Waals surface area (Å²) in [6, 6.07) is 9.71. The summed E-state index contributed by atoms with van der Waals surface area (Å²) in [7, 11) is 0. The Bertz CT molecular complexity index is 995. The Labute approximate surface area is 160 Å². The van der Waals surface area contributed by atoms with Gasteiger partial charge in [0.2, 0.25) is 0 Å². The van der Waals surface area contributed by atoms with Crippen LogP contribution in [0.4, 0.5) is 5.82 Å². The van der Waals surface area contributed by atoms with Gasteiger partial charge in [0.25, 0.3) is 5.91 Å². The molecule has 1 atom stereocenters.